The zero-order valence-electron chi connectivity index (χ0n) is 15.4. The highest BCUT2D eigenvalue weighted by Crippen LogP contribution is 2.28. The summed E-state index contributed by atoms with van der Waals surface area (Å²) >= 11 is 1.39. The zero-order valence-corrected chi connectivity index (χ0v) is 16.2. The van der Waals surface area contributed by atoms with E-state index in [2.05, 4.69) is 18.8 Å². The molecule has 5 nitrogen and oxygen atoms in total. The minimum absolute atomic E-state index is 0.0530. The average Bonchev–Trinajstić information content (AvgIpc) is 3.17. The van der Waals surface area contributed by atoms with Gasteiger partial charge in [-0.05, 0) is 41.8 Å². The van der Waals surface area contributed by atoms with Crippen molar-refractivity contribution in [3.05, 3.63) is 62.9 Å². The number of nitrogens with zero attached hydrogens (tertiary/aromatic N) is 2. The maximum absolute atomic E-state index is 12.9. The minimum Gasteiger partial charge on any atom is -0.493 e. The predicted molar refractivity (Wildman–Crippen MR) is 109 cm³/mol. The van der Waals surface area contributed by atoms with Crippen molar-refractivity contribution in [1.29, 1.82) is 0 Å². The van der Waals surface area contributed by atoms with Gasteiger partial charge in [-0.15, -0.1) is 0 Å². The number of aromatic nitrogens is 2. The Labute approximate surface area is 160 Å². The Morgan fingerprint density at radius 2 is 2.00 bits per heavy atom. The van der Waals surface area contributed by atoms with Crippen LogP contribution in [-0.2, 0) is 0 Å². The highest BCUT2D eigenvalue weighted by Gasteiger charge is 2.11. The standard InChI is InChI=1S/C21H20N2O3S/c1-13(2)12-26-17-9-8-14(10-18(17)25-3)11-19-20(24)23-16-7-5-4-6-15(16)22-21(23)27-19/h4-11,13H,12H2,1-3H3/b19-11-. The number of benzene rings is 2. The van der Waals surface area contributed by atoms with Gasteiger partial charge >= 0.3 is 0 Å². The molecule has 0 unspecified atom stereocenters. The van der Waals surface area contributed by atoms with E-state index in [1.54, 1.807) is 11.5 Å². The summed E-state index contributed by atoms with van der Waals surface area (Å²) in [6, 6.07) is 13.4. The Morgan fingerprint density at radius 1 is 1.19 bits per heavy atom. The van der Waals surface area contributed by atoms with E-state index in [4.69, 9.17) is 9.47 Å². The van der Waals surface area contributed by atoms with E-state index < -0.39 is 0 Å². The molecular weight excluding hydrogens is 360 g/mol. The first-order valence-electron chi connectivity index (χ1n) is 8.79. The number of hydrogen-bond acceptors (Lipinski definition) is 5. The number of ether oxygens (including phenoxy) is 2. The maximum atomic E-state index is 12.9. The molecule has 0 amide bonds. The third-order valence-corrected chi connectivity index (χ3v) is 5.17. The summed E-state index contributed by atoms with van der Waals surface area (Å²) in [4.78, 5) is 18.1. The molecule has 0 saturated carbocycles. The summed E-state index contributed by atoms with van der Waals surface area (Å²) in [5, 5.41) is 0. The molecule has 0 N–H and O–H groups in total. The molecule has 0 spiro atoms. The predicted octanol–water partition coefficient (Wildman–Crippen LogP) is 3.50. The number of rotatable bonds is 5. The van der Waals surface area contributed by atoms with E-state index in [1.165, 1.54) is 11.3 Å². The van der Waals surface area contributed by atoms with E-state index >= 15 is 0 Å². The second-order valence-corrected chi connectivity index (χ2v) is 7.76. The van der Waals surface area contributed by atoms with Crippen LogP contribution < -0.4 is 19.6 Å². The molecule has 0 atom stereocenters. The zero-order chi connectivity index (χ0) is 19.0. The van der Waals surface area contributed by atoms with Gasteiger partial charge in [-0.2, -0.15) is 0 Å². The van der Waals surface area contributed by atoms with Gasteiger partial charge in [0.15, 0.2) is 16.5 Å². The van der Waals surface area contributed by atoms with E-state index in [0.29, 0.717) is 33.5 Å². The summed E-state index contributed by atoms with van der Waals surface area (Å²) in [5.41, 5.74) is 2.50. The van der Waals surface area contributed by atoms with Crippen LogP contribution in [0.3, 0.4) is 0 Å². The van der Waals surface area contributed by atoms with Crippen molar-refractivity contribution in [1.82, 2.24) is 9.38 Å². The molecule has 0 bridgehead atoms. The van der Waals surface area contributed by atoms with Crippen LogP contribution in [0.2, 0.25) is 0 Å². The Kier molecular flexibility index (Phi) is 4.58. The largest absolute Gasteiger partial charge is 0.493 e. The molecule has 4 aromatic rings. The van der Waals surface area contributed by atoms with E-state index in [1.807, 2.05) is 48.5 Å². The van der Waals surface area contributed by atoms with Crippen molar-refractivity contribution in [2.45, 2.75) is 13.8 Å². The molecule has 0 aliphatic carbocycles. The van der Waals surface area contributed by atoms with Gasteiger partial charge in [-0.1, -0.05) is 43.4 Å². The van der Waals surface area contributed by atoms with E-state index in [-0.39, 0.29) is 5.56 Å². The molecule has 0 saturated heterocycles. The van der Waals surface area contributed by atoms with Crippen molar-refractivity contribution < 1.29 is 9.47 Å². The van der Waals surface area contributed by atoms with Gasteiger partial charge in [0.1, 0.15) is 0 Å². The Morgan fingerprint density at radius 3 is 2.78 bits per heavy atom. The van der Waals surface area contributed by atoms with Gasteiger partial charge in [0.25, 0.3) is 5.56 Å². The number of methoxy groups -OCH3 is 1. The molecule has 2 heterocycles. The molecular formula is C21H20N2O3S. The summed E-state index contributed by atoms with van der Waals surface area (Å²) in [6.07, 6.45) is 1.87. The Hall–Kier alpha value is -2.86. The van der Waals surface area contributed by atoms with Crippen molar-refractivity contribution in [2.75, 3.05) is 13.7 Å². The van der Waals surface area contributed by atoms with E-state index in [9.17, 15) is 4.79 Å². The van der Waals surface area contributed by atoms with Gasteiger partial charge < -0.3 is 9.47 Å². The number of thiazole rings is 1. The van der Waals surface area contributed by atoms with Gasteiger partial charge in [0.05, 0.1) is 29.3 Å². The lowest BCUT2D eigenvalue weighted by Gasteiger charge is -2.12. The molecule has 27 heavy (non-hydrogen) atoms. The molecule has 2 aromatic heterocycles. The van der Waals surface area contributed by atoms with Gasteiger partial charge in [-0.25, -0.2) is 9.38 Å². The monoisotopic (exact) mass is 380 g/mol. The van der Waals surface area contributed by atoms with Crippen molar-refractivity contribution in [2.24, 2.45) is 5.92 Å². The number of fused-ring (bicyclic) bond motifs is 3. The lowest BCUT2D eigenvalue weighted by atomic mass is 10.2. The first kappa shape index (κ1) is 17.5. The van der Waals surface area contributed by atoms with Crippen molar-refractivity contribution >= 4 is 33.4 Å². The maximum Gasteiger partial charge on any atom is 0.274 e. The molecule has 0 aliphatic heterocycles. The third-order valence-electron chi connectivity index (χ3n) is 4.20. The Bertz CT molecular complexity index is 1220. The van der Waals surface area contributed by atoms with Crippen LogP contribution in [0.1, 0.15) is 19.4 Å². The second kappa shape index (κ2) is 7.04. The fourth-order valence-electron chi connectivity index (χ4n) is 2.91. The number of para-hydroxylation sites is 2. The lowest BCUT2D eigenvalue weighted by molar-refractivity contribution is 0.257. The van der Waals surface area contributed by atoms with Gasteiger partial charge in [0, 0.05) is 0 Å². The summed E-state index contributed by atoms with van der Waals surface area (Å²) in [7, 11) is 1.62. The van der Waals surface area contributed by atoms with E-state index in [0.717, 1.165) is 16.6 Å². The fourth-order valence-corrected chi connectivity index (χ4v) is 3.90. The average molecular weight is 380 g/mol. The highest BCUT2D eigenvalue weighted by molar-refractivity contribution is 7.15. The highest BCUT2D eigenvalue weighted by atomic mass is 32.1. The summed E-state index contributed by atoms with van der Waals surface area (Å²) in [6.45, 7) is 4.82. The smallest absolute Gasteiger partial charge is 0.274 e. The first-order chi connectivity index (χ1) is 13.1. The SMILES string of the molecule is COc1cc(/C=c2\sc3nc4ccccc4n3c2=O)ccc1OCC(C)C. The summed E-state index contributed by atoms with van der Waals surface area (Å²) < 4.78 is 13.6. The number of hydrogen-bond donors (Lipinski definition) is 0. The fraction of sp³-hybridized carbons (Fsp3) is 0.238. The minimum atomic E-state index is -0.0530. The molecule has 0 aliphatic rings. The lowest BCUT2D eigenvalue weighted by Crippen LogP contribution is -2.22. The molecule has 4 rings (SSSR count). The van der Waals surface area contributed by atoms with Crippen LogP contribution in [0, 0.1) is 5.92 Å². The third kappa shape index (κ3) is 3.28. The summed E-state index contributed by atoms with van der Waals surface area (Å²) in [5.74, 6) is 1.79. The van der Waals surface area contributed by atoms with Crippen LogP contribution in [0.5, 0.6) is 11.5 Å². The van der Waals surface area contributed by atoms with Gasteiger partial charge in [0.2, 0.25) is 0 Å². The second-order valence-electron chi connectivity index (χ2n) is 6.75. The first-order valence-corrected chi connectivity index (χ1v) is 9.61. The van der Waals surface area contributed by atoms with Crippen LogP contribution in [-0.4, -0.2) is 23.1 Å². The van der Waals surface area contributed by atoms with Crippen molar-refractivity contribution in [3.63, 3.8) is 0 Å². The molecule has 138 valence electrons. The topological polar surface area (TPSA) is 52.8 Å². The molecule has 2 aromatic carbocycles. The molecule has 0 fully saturated rings. The quantitative estimate of drug-likeness (QED) is 0.532. The van der Waals surface area contributed by atoms with Crippen molar-refractivity contribution in [3.8, 4) is 11.5 Å². The Balaban J connectivity index is 1.77. The number of imidazole rings is 1. The van der Waals surface area contributed by atoms with Crippen LogP contribution in [0.25, 0.3) is 22.1 Å². The molecule has 6 heteroatoms. The van der Waals surface area contributed by atoms with Gasteiger partial charge in [-0.3, -0.25) is 4.79 Å². The molecule has 0 radical (unpaired) electrons. The van der Waals surface area contributed by atoms with Crippen LogP contribution in [0.15, 0.2) is 47.3 Å². The van der Waals surface area contributed by atoms with Crippen LogP contribution >= 0.6 is 11.3 Å². The normalized spacial score (nSPS) is 12.4. The van der Waals surface area contributed by atoms with Crippen LogP contribution in [0.4, 0.5) is 0 Å².